The van der Waals surface area contributed by atoms with Crippen LogP contribution in [0.25, 0.3) is 0 Å². The summed E-state index contributed by atoms with van der Waals surface area (Å²) in [6.45, 7) is 7.53. The zero-order valence-electron chi connectivity index (χ0n) is 17.7. The average molecular weight is 419 g/mol. The van der Waals surface area contributed by atoms with Crippen molar-refractivity contribution in [1.29, 1.82) is 0 Å². The minimum Gasteiger partial charge on any atom is -0.0863 e. The Labute approximate surface area is 179 Å². The highest BCUT2D eigenvalue weighted by Gasteiger charge is 2.43. The highest BCUT2D eigenvalue weighted by atomic mass is 31.1. The Bertz CT molecular complexity index is 839. The van der Waals surface area contributed by atoms with Crippen LogP contribution in [0.5, 0.6) is 0 Å². The summed E-state index contributed by atoms with van der Waals surface area (Å²) in [5.41, 5.74) is 1.46. The first kappa shape index (κ1) is 20.8. The minimum absolute atomic E-state index is 0.383. The molecule has 0 aromatic heterocycles. The minimum atomic E-state index is -0.383. The number of rotatable bonds is 5. The van der Waals surface area contributed by atoms with Crippen molar-refractivity contribution in [1.82, 2.24) is 0 Å². The normalized spacial score (nSPS) is 27.5. The molecule has 29 heavy (non-hydrogen) atoms. The van der Waals surface area contributed by atoms with E-state index in [0.717, 1.165) is 37.7 Å². The molecule has 1 fully saturated rings. The van der Waals surface area contributed by atoms with Crippen LogP contribution in [0, 0.1) is 17.8 Å². The van der Waals surface area contributed by atoms with Gasteiger partial charge in [-0.3, -0.25) is 0 Å². The Hall–Kier alpha value is -1.48. The molecule has 0 amide bonds. The van der Waals surface area contributed by atoms with Gasteiger partial charge in [-0.2, -0.15) is 0 Å². The zero-order valence-corrected chi connectivity index (χ0v) is 19.6. The smallest absolute Gasteiger partial charge is 0.00321 e. The topological polar surface area (TPSA) is 0 Å². The summed E-state index contributed by atoms with van der Waals surface area (Å²) in [5.74, 6) is 2.30. The molecule has 1 unspecified atom stereocenters. The van der Waals surface area contributed by atoms with Crippen LogP contribution < -0.4 is 15.9 Å². The van der Waals surface area contributed by atoms with Crippen molar-refractivity contribution in [3.05, 3.63) is 91.0 Å². The van der Waals surface area contributed by atoms with E-state index in [1.165, 1.54) is 22.3 Å². The summed E-state index contributed by atoms with van der Waals surface area (Å²) in [5, 5.41) is 4.59. The molecule has 1 aliphatic rings. The molecular formula is C27H32P2. The maximum Gasteiger partial charge on any atom is -0.00321 e. The molecule has 150 valence electrons. The van der Waals surface area contributed by atoms with Gasteiger partial charge in [0.1, 0.15) is 0 Å². The Morgan fingerprint density at radius 2 is 1.14 bits per heavy atom. The van der Waals surface area contributed by atoms with Crippen molar-refractivity contribution in [2.45, 2.75) is 38.5 Å². The van der Waals surface area contributed by atoms with Gasteiger partial charge in [-0.1, -0.05) is 120 Å². The van der Waals surface area contributed by atoms with Crippen LogP contribution >= 0.6 is 16.5 Å². The second kappa shape index (κ2) is 9.55. The van der Waals surface area contributed by atoms with Gasteiger partial charge in [0.2, 0.25) is 0 Å². The van der Waals surface area contributed by atoms with Crippen LogP contribution in [0.1, 0.15) is 27.2 Å². The SMILES string of the molecule is C[C@H]1[C@H](Pc2ccccc2)[C@H](P(c2ccccc2)c2ccccc2)[C@H](C)C[C@H]1C. The third-order valence-corrected chi connectivity index (χ3v) is 11.9. The molecule has 6 atom stereocenters. The zero-order chi connectivity index (χ0) is 20.2. The summed E-state index contributed by atoms with van der Waals surface area (Å²) in [6.07, 6.45) is 1.35. The molecule has 0 radical (unpaired) electrons. The average Bonchev–Trinajstić information content (AvgIpc) is 2.76. The fraction of sp³-hybridized carbons (Fsp3) is 0.333. The lowest BCUT2D eigenvalue weighted by Gasteiger charge is -2.48. The maximum atomic E-state index is 2.52. The lowest BCUT2D eigenvalue weighted by atomic mass is 9.76. The van der Waals surface area contributed by atoms with Crippen molar-refractivity contribution in [3.8, 4) is 0 Å². The fourth-order valence-corrected chi connectivity index (χ4v) is 10.7. The van der Waals surface area contributed by atoms with Gasteiger partial charge in [-0.05, 0) is 59.3 Å². The van der Waals surface area contributed by atoms with Crippen LogP contribution in [0.4, 0.5) is 0 Å². The third kappa shape index (κ3) is 4.66. The summed E-state index contributed by atoms with van der Waals surface area (Å²) >= 11 is 0. The molecule has 0 nitrogen and oxygen atoms in total. The van der Waals surface area contributed by atoms with E-state index in [4.69, 9.17) is 0 Å². The molecule has 0 bridgehead atoms. The van der Waals surface area contributed by atoms with E-state index in [-0.39, 0.29) is 7.92 Å². The first-order valence-electron chi connectivity index (χ1n) is 10.9. The Morgan fingerprint density at radius 3 is 1.66 bits per heavy atom. The predicted molar refractivity (Wildman–Crippen MR) is 133 cm³/mol. The third-order valence-electron chi connectivity index (χ3n) is 6.63. The first-order chi connectivity index (χ1) is 14.1. The van der Waals surface area contributed by atoms with E-state index in [2.05, 4.69) is 112 Å². The molecule has 0 spiro atoms. The van der Waals surface area contributed by atoms with Gasteiger partial charge >= 0.3 is 0 Å². The van der Waals surface area contributed by atoms with E-state index >= 15 is 0 Å². The molecule has 1 aliphatic carbocycles. The first-order valence-corrected chi connectivity index (χ1v) is 13.3. The van der Waals surface area contributed by atoms with E-state index in [9.17, 15) is 0 Å². The summed E-state index contributed by atoms with van der Waals surface area (Å²) < 4.78 is 0. The van der Waals surface area contributed by atoms with Crippen molar-refractivity contribution in [2.75, 3.05) is 0 Å². The molecule has 0 heterocycles. The molecule has 0 N–H and O–H groups in total. The predicted octanol–water partition coefficient (Wildman–Crippen LogP) is 6.17. The van der Waals surface area contributed by atoms with E-state index in [1.807, 2.05) is 0 Å². The highest BCUT2D eigenvalue weighted by Crippen LogP contribution is 2.55. The van der Waals surface area contributed by atoms with Gasteiger partial charge in [-0.25, -0.2) is 0 Å². The van der Waals surface area contributed by atoms with Crippen LogP contribution in [-0.4, -0.2) is 11.3 Å². The molecular weight excluding hydrogens is 386 g/mol. The molecule has 0 aliphatic heterocycles. The molecule has 3 aromatic rings. The Kier molecular flexibility index (Phi) is 6.85. The Morgan fingerprint density at radius 1 is 0.655 bits per heavy atom. The van der Waals surface area contributed by atoms with E-state index in [1.54, 1.807) is 0 Å². The molecule has 3 aromatic carbocycles. The number of hydrogen-bond donors (Lipinski definition) is 0. The van der Waals surface area contributed by atoms with Crippen molar-refractivity contribution < 1.29 is 0 Å². The molecule has 1 saturated carbocycles. The van der Waals surface area contributed by atoms with Gasteiger partial charge in [0.15, 0.2) is 0 Å². The van der Waals surface area contributed by atoms with Gasteiger partial charge in [0, 0.05) is 0 Å². The number of benzene rings is 3. The van der Waals surface area contributed by atoms with Crippen LogP contribution in [0.2, 0.25) is 0 Å². The second-order valence-corrected chi connectivity index (χ2v) is 12.5. The fourth-order valence-electron chi connectivity index (χ4n) is 4.99. The Balaban J connectivity index is 1.79. The van der Waals surface area contributed by atoms with Gasteiger partial charge in [0.25, 0.3) is 0 Å². The highest BCUT2D eigenvalue weighted by molar-refractivity contribution is 7.74. The molecule has 0 saturated heterocycles. The van der Waals surface area contributed by atoms with Crippen molar-refractivity contribution >= 4 is 32.4 Å². The van der Waals surface area contributed by atoms with E-state index < -0.39 is 0 Å². The quantitative estimate of drug-likeness (QED) is 0.435. The lowest BCUT2D eigenvalue weighted by Crippen LogP contribution is -2.45. The van der Waals surface area contributed by atoms with Gasteiger partial charge in [0.05, 0.1) is 0 Å². The largest absolute Gasteiger partial charge is 0.0863 e. The van der Waals surface area contributed by atoms with E-state index in [0.29, 0.717) is 0 Å². The monoisotopic (exact) mass is 418 g/mol. The van der Waals surface area contributed by atoms with Gasteiger partial charge < -0.3 is 0 Å². The maximum absolute atomic E-state index is 2.52. The van der Waals surface area contributed by atoms with Crippen LogP contribution in [0.15, 0.2) is 91.0 Å². The molecule has 2 heteroatoms. The molecule has 4 rings (SSSR count). The summed E-state index contributed by atoms with van der Waals surface area (Å²) in [6, 6.07) is 33.9. The summed E-state index contributed by atoms with van der Waals surface area (Å²) in [7, 11) is 0.502. The lowest BCUT2D eigenvalue weighted by molar-refractivity contribution is 0.234. The number of hydrogen-bond acceptors (Lipinski definition) is 0. The standard InChI is InChI=1S/C27H32P2/c1-20-19-21(2)27(26(22(20)3)28-23-13-7-4-8-14-23)29(24-15-9-5-10-16-24)25-17-11-6-12-18-25/h4-18,20-22,26-28H,19H2,1-3H3/t20-,21-,22-,26+,27-/m1/s1. The summed E-state index contributed by atoms with van der Waals surface area (Å²) in [4.78, 5) is 0. The van der Waals surface area contributed by atoms with Crippen molar-refractivity contribution in [2.24, 2.45) is 17.8 Å². The van der Waals surface area contributed by atoms with Crippen molar-refractivity contribution in [3.63, 3.8) is 0 Å². The van der Waals surface area contributed by atoms with Crippen LogP contribution in [-0.2, 0) is 0 Å². The van der Waals surface area contributed by atoms with Crippen LogP contribution in [0.3, 0.4) is 0 Å². The second-order valence-electron chi connectivity index (χ2n) is 8.62. The van der Waals surface area contributed by atoms with Gasteiger partial charge in [-0.15, -0.1) is 0 Å².